The fourth-order valence-electron chi connectivity index (χ4n) is 6.72. The Hall–Kier alpha value is -5.08. The maximum atomic E-state index is 6.50. The highest BCUT2D eigenvalue weighted by Gasteiger charge is 2.41. The standard InChI is InChI=1S/C38H27NO/c1-38(32-19-10-8-17-29(32)30-18-9-11-20-33(30)38)34-21-12-22-36-37(34)31-25-28(23-24-35(31)40-36)39(26-13-4-2-5-14-26)27-15-6-3-7-16-27/h2-25H,1H3. The summed E-state index contributed by atoms with van der Waals surface area (Å²) in [6.45, 7) is 2.37. The molecule has 0 N–H and O–H groups in total. The van der Waals surface area contributed by atoms with E-state index in [9.17, 15) is 0 Å². The highest BCUT2D eigenvalue weighted by Crippen LogP contribution is 2.54. The van der Waals surface area contributed by atoms with Gasteiger partial charge in [-0.2, -0.15) is 0 Å². The Morgan fingerprint density at radius 2 is 1.02 bits per heavy atom. The van der Waals surface area contributed by atoms with E-state index < -0.39 is 0 Å². The summed E-state index contributed by atoms with van der Waals surface area (Å²) in [4.78, 5) is 2.31. The van der Waals surface area contributed by atoms with Gasteiger partial charge < -0.3 is 9.32 Å². The zero-order valence-electron chi connectivity index (χ0n) is 22.2. The molecule has 7 aromatic rings. The molecule has 190 valence electrons. The predicted octanol–water partition coefficient (Wildman–Crippen LogP) is 10.4. The van der Waals surface area contributed by atoms with E-state index in [0.717, 1.165) is 33.6 Å². The summed E-state index contributed by atoms with van der Waals surface area (Å²) in [7, 11) is 0. The Morgan fingerprint density at radius 3 is 1.65 bits per heavy atom. The van der Waals surface area contributed by atoms with Crippen molar-refractivity contribution in [2.45, 2.75) is 12.3 Å². The lowest BCUT2D eigenvalue weighted by molar-refractivity contribution is 0.666. The van der Waals surface area contributed by atoms with Crippen molar-refractivity contribution in [3.05, 3.63) is 162 Å². The lowest BCUT2D eigenvalue weighted by Crippen LogP contribution is -2.22. The van der Waals surface area contributed by atoms with E-state index in [0.29, 0.717) is 0 Å². The maximum absolute atomic E-state index is 6.50. The van der Waals surface area contributed by atoms with Crippen molar-refractivity contribution in [3.8, 4) is 11.1 Å². The number of rotatable bonds is 4. The topological polar surface area (TPSA) is 16.4 Å². The predicted molar refractivity (Wildman–Crippen MR) is 166 cm³/mol. The molecule has 1 aliphatic carbocycles. The minimum absolute atomic E-state index is 0.307. The maximum Gasteiger partial charge on any atom is 0.135 e. The third-order valence-electron chi connectivity index (χ3n) is 8.53. The first-order valence-corrected chi connectivity index (χ1v) is 13.8. The third-order valence-corrected chi connectivity index (χ3v) is 8.53. The monoisotopic (exact) mass is 513 g/mol. The molecule has 0 aliphatic heterocycles. The first-order valence-electron chi connectivity index (χ1n) is 13.8. The van der Waals surface area contributed by atoms with Crippen LogP contribution in [0.1, 0.15) is 23.6 Å². The zero-order chi connectivity index (χ0) is 26.7. The lowest BCUT2D eigenvalue weighted by atomic mass is 9.73. The van der Waals surface area contributed by atoms with Crippen molar-refractivity contribution >= 4 is 39.0 Å². The Bertz CT molecular complexity index is 1940. The number of hydrogen-bond acceptors (Lipinski definition) is 2. The highest BCUT2D eigenvalue weighted by atomic mass is 16.3. The van der Waals surface area contributed by atoms with E-state index in [2.05, 4.69) is 157 Å². The van der Waals surface area contributed by atoms with Crippen molar-refractivity contribution < 1.29 is 4.42 Å². The molecular weight excluding hydrogens is 486 g/mol. The van der Waals surface area contributed by atoms with Crippen LogP contribution in [0.2, 0.25) is 0 Å². The molecule has 40 heavy (non-hydrogen) atoms. The number of benzene rings is 6. The summed E-state index contributed by atoms with van der Waals surface area (Å²) in [6.07, 6.45) is 0. The van der Waals surface area contributed by atoms with Crippen molar-refractivity contribution in [2.75, 3.05) is 4.90 Å². The fraction of sp³-hybridized carbons (Fsp3) is 0.0526. The van der Waals surface area contributed by atoms with Crippen LogP contribution in [-0.2, 0) is 5.41 Å². The average Bonchev–Trinajstić information content (AvgIpc) is 3.52. The minimum atomic E-state index is -0.307. The number of anilines is 3. The van der Waals surface area contributed by atoms with E-state index in [-0.39, 0.29) is 5.41 Å². The summed E-state index contributed by atoms with van der Waals surface area (Å²) in [5, 5.41) is 2.30. The van der Waals surface area contributed by atoms with Crippen LogP contribution in [0.15, 0.2) is 150 Å². The van der Waals surface area contributed by atoms with E-state index >= 15 is 0 Å². The van der Waals surface area contributed by atoms with Crippen LogP contribution < -0.4 is 4.90 Å². The Kier molecular flexibility index (Phi) is 4.99. The van der Waals surface area contributed by atoms with Crippen molar-refractivity contribution in [1.29, 1.82) is 0 Å². The van der Waals surface area contributed by atoms with Gasteiger partial charge in [0.15, 0.2) is 0 Å². The average molecular weight is 514 g/mol. The van der Waals surface area contributed by atoms with Gasteiger partial charge in [0, 0.05) is 33.2 Å². The van der Waals surface area contributed by atoms with Crippen LogP contribution in [0.25, 0.3) is 33.1 Å². The Balaban J connectivity index is 1.41. The van der Waals surface area contributed by atoms with Gasteiger partial charge in [-0.25, -0.2) is 0 Å². The van der Waals surface area contributed by atoms with Crippen molar-refractivity contribution in [2.24, 2.45) is 0 Å². The second-order valence-corrected chi connectivity index (χ2v) is 10.7. The molecular formula is C38H27NO. The van der Waals surface area contributed by atoms with Gasteiger partial charge in [0.2, 0.25) is 0 Å². The van der Waals surface area contributed by atoms with E-state index in [1.54, 1.807) is 0 Å². The van der Waals surface area contributed by atoms with Crippen molar-refractivity contribution in [1.82, 2.24) is 0 Å². The molecule has 0 bridgehead atoms. The fourth-order valence-corrected chi connectivity index (χ4v) is 6.72. The molecule has 1 heterocycles. The minimum Gasteiger partial charge on any atom is -0.456 e. The second kappa shape index (κ2) is 8.72. The van der Waals surface area contributed by atoms with Gasteiger partial charge in [0.25, 0.3) is 0 Å². The molecule has 0 spiro atoms. The quantitative estimate of drug-likeness (QED) is 0.233. The first kappa shape index (κ1) is 22.9. The number of nitrogens with zero attached hydrogens (tertiary/aromatic N) is 1. The normalized spacial score (nSPS) is 13.3. The summed E-state index contributed by atoms with van der Waals surface area (Å²) >= 11 is 0. The van der Waals surface area contributed by atoms with Gasteiger partial charge in [-0.1, -0.05) is 97.1 Å². The van der Waals surface area contributed by atoms with Crippen LogP contribution in [-0.4, -0.2) is 0 Å². The number of furan rings is 1. The van der Waals surface area contributed by atoms with Crippen molar-refractivity contribution in [3.63, 3.8) is 0 Å². The van der Waals surface area contributed by atoms with E-state index in [4.69, 9.17) is 4.42 Å². The van der Waals surface area contributed by atoms with E-state index in [1.165, 1.54) is 33.2 Å². The molecule has 0 fully saturated rings. The summed E-state index contributed by atoms with van der Waals surface area (Å²) in [5.41, 5.74) is 11.4. The van der Waals surface area contributed by atoms with Gasteiger partial charge in [-0.15, -0.1) is 0 Å². The SMILES string of the molecule is CC1(c2cccc3oc4ccc(N(c5ccccc5)c5ccccc5)cc4c23)c2ccccc2-c2ccccc21. The smallest absolute Gasteiger partial charge is 0.135 e. The van der Waals surface area contributed by atoms with Gasteiger partial charge >= 0.3 is 0 Å². The molecule has 2 nitrogen and oxygen atoms in total. The number of hydrogen-bond donors (Lipinski definition) is 0. The lowest BCUT2D eigenvalue weighted by Gasteiger charge is -2.29. The Labute approximate surface area is 233 Å². The van der Waals surface area contributed by atoms with Gasteiger partial charge in [0.05, 0.1) is 0 Å². The third kappa shape index (κ3) is 3.23. The number of fused-ring (bicyclic) bond motifs is 6. The van der Waals surface area contributed by atoms with Crippen LogP contribution in [0.5, 0.6) is 0 Å². The summed E-state index contributed by atoms with van der Waals surface area (Å²) < 4.78 is 6.50. The van der Waals surface area contributed by atoms with Gasteiger partial charge in [-0.05, 0) is 83.3 Å². The van der Waals surface area contributed by atoms with Crippen LogP contribution in [0.4, 0.5) is 17.1 Å². The molecule has 0 amide bonds. The molecule has 0 saturated heterocycles. The molecule has 0 radical (unpaired) electrons. The molecule has 0 atom stereocenters. The van der Waals surface area contributed by atoms with Crippen LogP contribution in [0, 0.1) is 0 Å². The molecule has 0 unspecified atom stereocenters. The van der Waals surface area contributed by atoms with Crippen LogP contribution >= 0.6 is 0 Å². The molecule has 1 aliphatic rings. The molecule has 2 heteroatoms. The summed E-state index contributed by atoms with van der Waals surface area (Å²) in [5.74, 6) is 0. The zero-order valence-corrected chi connectivity index (χ0v) is 22.2. The Morgan fingerprint density at radius 1 is 0.475 bits per heavy atom. The van der Waals surface area contributed by atoms with Gasteiger partial charge in [0.1, 0.15) is 11.2 Å². The molecule has 0 saturated carbocycles. The van der Waals surface area contributed by atoms with Crippen LogP contribution in [0.3, 0.4) is 0 Å². The first-order chi connectivity index (χ1) is 19.7. The largest absolute Gasteiger partial charge is 0.456 e. The second-order valence-electron chi connectivity index (χ2n) is 10.7. The number of para-hydroxylation sites is 2. The van der Waals surface area contributed by atoms with Gasteiger partial charge in [-0.3, -0.25) is 0 Å². The van der Waals surface area contributed by atoms with E-state index in [1.807, 2.05) is 0 Å². The molecule has 8 rings (SSSR count). The highest BCUT2D eigenvalue weighted by molar-refractivity contribution is 6.09. The molecule has 6 aromatic carbocycles. The summed E-state index contributed by atoms with van der Waals surface area (Å²) in [6, 6.07) is 51.9. The molecule has 1 aromatic heterocycles.